The lowest BCUT2D eigenvalue weighted by atomic mass is 10.1. The van der Waals surface area contributed by atoms with Gasteiger partial charge >= 0.3 is 0 Å². The van der Waals surface area contributed by atoms with Crippen LogP contribution in [0.1, 0.15) is 18.4 Å². The van der Waals surface area contributed by atoms with Crippen LogP contribution in [0.2, 0.25) is 0 Å². The van der Waals surface area contributed by atoms with Gasteiger partial charge in [0, 0.05) is 26.7 Å². The number of halogens is 2. The van der Waals surface area contributed by atoms with E-state index in [9.17, 15) is 8.78 Å². The van der Waals surface area contributed by atoms with Crippen molar-refractivity contribution >= 4 is 5.69 Å². The summed E-state index contributed by atoms with van der Waals surface area (Å²) in [6, 6.07) is 2.81. The van der Waals surface area contributed by atoms with Crippen LogP contribution in [-0.4, -0.2) is 45.2 Å². The zero-order chi connectivity index (χ0) is 14.5. The number of nitrogens with zero attached hydrogens (tertiary/aromatic N) is 2. The molecule has 2 rings (SSSR count). The van der Waals surface area contributed by atoms with Gasteiger partial charge in [0.1, 0.15) is 17.3 Å². The van der Waals surface area contributed by atoms with E-state index in [1.165, 1.54) is 25.0 Å². The van der Waals surface area contributed by atoms with Crippen LogP contribution >= 0.6 is 0 Å². The van der Waals surface area contributed by atoms with Crippen LogP contribution in [0, 0.1) is 11.6 Å². The number of rotatable bonds is 6. The summed E-state index contributed by atoms with van der Waals surface area (Å²) in [5.41, 5.74) is 0.697. The Morgan fingerprint density at radius 2 is 1.80 bits per heavy atom. The maximum Gasteiger partial charge on any atom is 0.149 e. The molecule has 1 saturated heterocycles. The molecule has 1 aliphatic rings. The highest BCUT2D eigenvalue weighted by Crippen LogP contribution is 2.24. The predicted octanol–water partition coefficient (Wildman–Crippen LogP) is 2.22. The molecule has 3 nitrogen and oxygen atoms in total. The first-order valence-corrected chi connectivity index (χ1v) is 7.18. The Hall–Kier alpha value is -1.20. The van der Waals surface area contributed by atoms with E-state index < -0.39 is 11.6 Å². The van der Waals surface area contributed by atoms with Crippen molar-refractivity contribution in [2.24, 2.45) is 0 Å². The summed E-state index contributed by atoms with van der Waals surface area (Å²) >= 11 is 0. The number of nitrogens with one attached hydrogen (secondary N) is 1. The first-order valence-electron chi connectivity index (χ1n) is 7.18. The molecule has 0 atom stereocenters. The molecular weight excluding hydrogens is 260 g/mol. The fourth-order valence-corrected chi connectivity index (χ4v) is 2.70. The Bertz CT molecular complexity index is 422. The Morgan fingerprint density at radius 3 is 2.35 bits per heavy atom. The van der Waals surface area contributed by atoms with E-state index in [0.717, 1.165) is 19.6 Å². The molecule has 1 aromatic carbocycles. The first kappa shape index (κ1) is 15.2. The number of likely N-dealkylation sites (tertiary alicyclic amines) is 1. The minimum absolute atomic E-state index is 0.0732. The minimum atomic E-state index is -0.487. The van der Waals surface area contributed by atoms with Gasteiger partial charge in [-0.2, -0.15) is 0 Å². The molecule has 1 N–H and O–H groups in total. The number of hydrogen-bond acceptors (Lipinski definition) is 3. The summed E-state index contributed by atoms with van der Waals surface area (Å²) in [4.78, 5) is 4.01. The second-order valence-electron chi connectivity index (χ2n) is 5.41. The summed E-state index contributed by atoms with van der Waals surface area (Å²) in [6.07, 6.45) is 2.45. The van der Waals surface area contributed by atoms with Gasteiger partial charge in [-0.15, -0.1) is 0 Å². The molecule has 1 aliphatic heterocycles. The van der Waals surface area contributed by atoms with Gasteiger partial charge in [0.25, 0.3) is 0 Å². The fraction of sp³-hybridized carbons (Fsp3) is 0.600. The SMILES string of the molecule is CNCc1cc(F)c(N(C)CCN2CCCC2)c(F)c1. The maximum absolute atomic E-state index is 14.1. The Labute approximate surface area is 119 Å². The van der Waals surface area contributed by atoms with Crippen LogP contribution in [0.5, 0.6) is 0 Å². The summed E-state index contributed by atoms with van der Waals surface area (Å²) < 4.78 is 28.1. The van der Waals surface area contributed by atoms with E-state index in [-0.39, 0.29) is 5.69 Å². The van der Waals surface area contributed by atoms with E-state index in [2.05, 4.69) is 10.2 Å². The Kier molecular flexibility index (Phi) is 5.31. The Balaban J connectivity index is 2.02. The molecule has 1 aromatic rings. The second-order valence-corrected chi connectivity index (χ2v) is 5.41. The molecule has 112 valence electrons. The minimum Gasteiger partial charge on any atom is -0.369 e. The third-order valence-corrected chi connectivity index (χ3v) is 3.79. The lowest BCUT2D eigenvalue weighted by Gasteiger charge is -2.24. The molecule has 0 bridgehead atoms. The fourth-order valence-electron chi connectivity index (χ4n) is 2.70. The van der Waals surface area contributed by atoms with Gasteiger partial charge in [-0.3, -0.25) is 0 Å². The third-order valence-electron chi connectivity index (χ3n) is 3.79. The zero-order valence-electron chi connectivity index (χ0n) is 12.3. The number of hydrogen-bond donors (Lipinski definition) is 1. The van der Waals surface area contributed by atoms with Crippen LogP contribution in [0.15, 0.2) is 12.1 Å². The van der Waals surface area contributed by atoms with Crippen LogP contribution in [-0.2, 0) is 6.54 Å². The molecule has 1 fully saturated rings. The van der Waals surface area contributed by atoms with Gasteiger partial charge in [-0.05, 0) is 50.7 Å². The molecule has 0 saturated carbocycles. The molecule has 0 amide bonds. The largest absolute Gasteiger partial charge is 0.369 e. The van der Waals surface area contributed by atoms with Gasteiger partial charge in [-0.25, -0.2) is 8.78 Å². The predicted molar refractivity (Wildman–Crippen MR) is 78.1 cm³/mol. The van der Waals surface area contributed by atoms with Crippen molar-refractivity contribution < 1.29 is 8.78 Å². The molecule has 20 heavy (non-hydrogen) atoms. The molecule has 0 unspecified atom stereocenters. The van der Waals surface area contributed by atoms with Crippen LogP contribution < -0.4 is 10.2 Å². The lowest BCUT2D eigenvalue weighted by Crippen LogP contribution is -2.32. The topological polar surface area (TPSA) is 18.5 Å². The highest BCUT2D eigenvalue weighted by molar-refractivity contribution is 5.50. The number of anilines is 1. The van der Waals surface area contributed by atoms with Gasteiger partial charge < -0.3 is 15.1 Å². The van der Waals surface area contributed by atoms with E-state index in [4.69, 9.17) is 0 Å². The van der Waals surface area contributed by atoms with Crippen molar-refractivity contribution in [3.63, 3.8) is 0 Å². The van der Waals surface area contributed by atoms with Crippen LogP contribution in [0.25, 0.3) is 0 Å². The third kappa shape index (κ3) is 3.67. The van der Waals surface area contributed by atoms with Crippen molar-refractivity contribution in [3.8, 4) is 0 Å². The molecule has 0 spiro atoms. The van der Waals surface area contributed by atoms with Crippen molar-refractivity contribution in [1.29, 1.82) is 0 Å². The molecule has 5 heteroatoms. The van der Waals surface area contributed by atoms with Crippen molar-refractivity contribution in [2.45, 2.75) is 19.4 Å². The summed E-state index contributed by atoms with van der Waals surface area (Å²) in [5, 5.41) is 2.90. The van der Waals surface area contributed by atoms with Crippen molar-refractivity contribution in [1.82, 2.24) is 10.2 Å². The average molecular weight is 283 g/mol. The standard InChI is InChI=1S/C15H23F2N3/c1-18-11-12-9-13(16)15(14(17)10-12)19(2)7-8-20-5-3-4-6-20/h9-10,18H,3-8,11H2,1-2H3. The second kappa shape index (κ2) is 6.99. The van der Waals surface area contributed by atoms with Crippen molar-refractivity contribution in [2.75, 3.05) is 45.2 Å². The average Bonchev–Trinajstić information content (AvgIpc) is 2.89. The molecular formula is C15H23F2N3. The number of likely N-dealkylation sites (N-methyl/N-ethyl adjacent to an activating group) is 1. The summed E-state index contributed by atoms with van der Waals surface area (Å²) in [5.74, 6) is -0.974. The molecule has 0 radical (unpaired) electrons. The van der Waals surface area contributed by atoms with Gasteiger partial charge in [0.2, 0.25) is 0 Å². The first-order chi connectivity index (χ1) is 9.61. The highest BCUT2D eigenvalue weighted by Gasteiger charge is 2.17. The molecule has 0 aromatic heterocycles. The monoisotopic (exact) mass is 283 g/mol. The van der Waals surface area contributed by atoms with E-state index in [1.807, 2.05) is 0 Å². The summed E-state index contributed by atoms with van der Waals surface area (Å²) in [7, 11) is 3.50. The van der Waals surface area contributed by atoms with Crippen LogP contribution in [0.4, 0.5) is 14.5 Å². The van der Waals surface area contributed by atoms with Crippen LogP contribution in [0.3, 0.4) is 0 Å². The van der Waals surface area contributed by atoms with Gasteiger partial charge in [0.05, 0.1) is 0 Å². The smallest absolute Gasteiger partial charge is 0.149 e. The van der Waals surface area contributed by atoms with E-state index in [0.29, 0.717) is 18.7 Å². The lowest BCUT2D eigenvalue weighted by molar-refractivity contribution is 0.346. The number of benzene rings is 1. The van der Waals surface area contributed by atoms with Gasteiger partial charge in [0.15, 0.2) is 0 Å². The van der Waals surface area contributed by atoms with E-state index >= 15 is 0 Å². The molecule has 0 aliphatic carbocycles. The summed E-state index contributed by atoms with van der Waals surface area (Å²) in [6.45, 7) is 4.15. The van der Waals surface area contributed by atoms with Gasteiger partial charge in [-0.1, -0.05) is 0 Å². The van der Waals surface area contributed by atoms with Crippen molar-refractivity contribution in [3.05, 3.63) is 29.3 Å². The highest BCUT2D eigenvalue weighted by atomic mass is 19.1. The molecule has 1 heterocycles. The zero-order valence-corrected chi connectivity index (χ0v) is 12.3. The Morgan fingerprint density at radius 1 is 1.20 bits per heavy atom. The van der Waals surface area contributed by atoms with E-state index in [1.54, 1.807) is 19.0 Å². The normalized spacial score (nSPS) is 15.8. The quantitative estimate of drug-likeness (QED) is 0.863. The maximum atomic E-state index is 14.1.